The van der Waals surface area contributed by atoms with E-state index in [-0.39, 0.29) is 0 Å². The fourth-order valence-electron chi connectivity index (χ4n) is 2.57. The van der Waals surface area contributed by atoms with Crippen LogP contribution in [-0.2, 0) is 6.54 Å². The van der Waals surface area contributed by atoms with Crippen LogP contribution in [0.15, 0.2) is 48.0 Å². The molecule has 0 fully saturated rings. The van der Waals surface area contributed by atoms with Crippen molar-refractivity contribution in [3.63, 3.8) is 0 Å². The third kappa shape index (κ3) is 2.26. The molecule has 0 aliphatic carbocycles. The first-order chi connectivity index (χ1) is 10.8. The lowest BCUT2D eigenvalue weighted by Crippen LogP contribution is -2.39. The van der Waals surface area contributed by atoms with E-state index in [0.717, 1.165) is 29.6 Å². The van der Waals surface area contributed by atoms with E-state index in [4.69, 9.17) is 0 Å². The molecule has 7 nitrogen and oxygen atoms in total. The molecule has 0 atom stereocenters. The number of fused-ring (bicyclic) bond motifs is 1. The maximum atomic E-state index is 4.66. The number of pyridine rings is 1. The highest BCUT2D eigenvalue weighted by atomic mass is 15.3. The van der Waals surface area contributed by atoms with Gasteiger partial charge in [0.2, 0.25) is 0 Å². The molecule has 4 heterocycles. The molecule has 0 amide bonds. The van der Waals surface area contributed by atoms with E-state index in [2.05, 4.69) is 30.1 Å². The van der Waals surface area contributed by atoms with Crippen molar-refractivity contribution >= 4 is 17.3 Å². The number of rotatable bonds is 2. The fraction of sp³-hybridized carbons (Fsp3) is 0.200. The third-order valence-electron chi connectivity index (χ3n) is 3.61. The molecule has 3 aromatic heterocycles. The van der Waals surface area contributed by atoms with Crippen LogP contribution >= 0.6 is 0 Å². The van der Waals surface area contributed by atoms with Crippen molar-refractivity contribution < 1.29 is 0 Å². The van der Waals surface area contributed by atoms with Gasteiger partial charge in [0.1, 0.15) is 11.7 Å². The minimum Gasteiger partial charge on any atom is -0.355 e. The standard InChI is InChI=1S/C15H15N7/c1-11-7-13(20-19-11)18-15-10-21(12-3-2-4-16-8-12)9-14-17-5-6-22(14)15/h2-8H,9-10H2,1H3,(H,19,20). The topological polar surface area (TPSA) is 75.0 Å². The smallest absolute Gasteiger partial charge is 0.175 e. The van der Waals surface area contributed by atoms with Crippen molar-refractivity contribution in [2.45, 2.75) is 13.5 Å². The van der Waals surface area contributed by atoms with Gasteiger partial charge >= 0.3 is 0 Å². The van der Waals surface area contributed by atoms with Gasteiger partial charge in [-0.2, -0.15) is 5.10 Å². The number of aliphatic imine (C=N–C) groups is 1. The number of hydrogen-bond acceptors (Lipinski definition) is 5. The van der Waals surface area contributed by atoms with Crippen LogP contribution in [0.3, 0.4) is 0 Å². The van der Waals surface area contributed by atoms with Crippen molar-refractivity contribution in [1.82, 2.24) is 24.7 Å². The number of aryl methyl sites for hydroxylation is 1. The zero-order chi connectivity index (χ0) is 14.9. The molecule has 4 rings (SSSR count). The average Bonchev–Trinajstić information content (AvgIpc) is 3.17. The van der Waals surface area contributed by atoms with Gasteiger partial charge in [0.25, 0.3) is 0 Å². The summed E-state index contributed by atoms with van der Waals surface area (Å²) in [6.45, 7) is 3.38. The van der Waals surface area contributed by atoms with Crippen LogP contribution in [0.1, 0.15) is 11.5 Å². The first-order valence-corrected chi connectivity index (χ1v) is 7.07. The summed E-state index contributed by atoms with van der Waals surface area (Å²) in [7, 11) is 0. The van der Waals surface area contributed by atoms with Crippen LogP contribution in [0.25, 0.3) is 0 Å². The third-order valence-corrected chi connectivity index (χ3v) is 3.61. The summed E-state index contributed by atoms with van der Waals surface area (Å²) in [6, 6.07) is 5.90. The van der Waals surface area contributed by atoms with Crippen molar-refractivity contribution in [2.24, 2.45) is 4.99 Å². The van der Waals surface area contributed by atoms with Gasteiger partial charge in [-0.3, -0.25) is 14.6 Å². The zero-order valence-electron chi connectivity index (χ0n) is 12.1. The Hall–Kier alpha value is -2.96. The zero-order valence-corrected chi connectivity index (χ0v) is 12.1. The maximum Gasteiger partial charge on any atom is 0.175 e. The van der Waals surface area contributed by atoms with Crippen LogP contribution < -0.4 is 4.90 Å². The Balaban J connectivity index is 1.73. The molecule has 110 valence electrons. The first-order valence-electron chi connectivity index (χ1n) is 7.07. The number of imidazole rings is 1. The predicted octanol–water partition coefficient (Wildman–Crippen LogP) is 1.91. The van der Waals surface area contributed by atoms with Crippen molar-refractivity contribution in [3.8, 4) is 0 Å². The lowest BCUT2D eigenvalue weighted by molar-refractivity contribution is 0.751. The van der Waals surface area contributed by atoms with E-state index >= 15 is 0 Å². The van der Waals surface area contributed by atoms with Crippen molar-refractivity contribution in [2.75, 3.05) is 11.4 Å². The molecule has 1 N–H and O–H groups in total. The number of hydrogen-bond donors (Lipinski definition) is 1. The molecular formula is C15H15N7. The molecule has 1 aliphatic rings. The highest BCUT2D eigenvalue weighted by Gasteiger charge is 2.22. The molecule has 0 saturated heterocycles. The molecule has 3 aromatic rings. The number of anilines is 1. The predicted molar refractivity (Wildman–Crippen MR) is 83.3 cm³/mol. The summed E-state index contributed by atoms with van der Waals surface area (Å²) in [4.78, 5) is 15.5. The van der Waals surface area contributed by atoms with Gasteiger partial charge in [0.15, 0.2) is 5.82 Å². The summed E-state index contributed by atoms with van der Waals surface area (Å²) in [5.74, 6) is 2.54. The summed E-state index contributed by atoms with van der Waals surface area (Å²) >= 11 is 0. The number of H-pyrrole nitrogens is 1. The quantitative estimate of drug-likeness (QED) is 0.783. The highest BCUT2D eigenvalue weighted by molar-refractivity contribution is 5.92. The Labute approximate surface area is 127 Å². The Morgan fingerprint density at radius 1 is 1.27 bits per heavy atom. The summed E-state index contributed by atoms with van der Waals surface area (Å²) in [5, 5.41) is 7.10. The lowest BCUT2D eigenvalue weighted by Gasteiger charge is -2.30. The van der Waals surface area contributed by atoms with E-state index in [9.17, 15) is 0 Å². The van der Waals surface area contributed by atoms with E-state index < -0.39 is 0 Å². The van der Waals surface area contributed by atoms with Gasteiger partial charge in [-0.15, -0.1) is 0 Å². The lowest BCUT2D eigenvalue weighted by atomic mass is 10.3. The number of aromatic nitrogens is 5. The van der Waals surface area contributed by atoms with E-state index in [0.29, 0.717) is 12.4 Å². The Morgan fingerprint density at radius 2 is 2.23 bits per heavy atom. The Morgan fingerprint density at radius 3 is 3.00 bits per heavy atom. The van der Waals surface area contributed by atoms with Crippen LogP contribution in [0.4, 0.5) is 11.5 Å². The second-order valence-electron chi connectivity index (χ2n) is 5.22. The van der Waals surface area contributed by atoms with Gasteiger partial charge in [0.05, 0.1) is 25.0 Å². The molecule has 0 aromatic carbocycles. The average molecular weight is 293 g/mol. The number of aromatic amines is 1. The summed E-state index contributed by atoms with van der Waals surface area (Å²) < 4.78 is 2.02. The van der Waals surface area contributed by atoms with Crippen molar-refractivity contribution in [1.29, 1.82) is 0 Å². The monoisotopic (exact) mass is 293 g/mol. The number of nitrogens with zero attached hydrogens (tertiary/aromatic N) is 6. The van der Waals surface area contributed by atoms with Gasteiger partial charge in [-0.1, -0.05) is 0 Å². The van der Waals surface area contributed by atoms with Crippen LogP contribution in [-0.4, -0.2) is 37.1 Å². The molecule has 0 bridgehead atoms. The van der Waals surface area contributed by atoms with Crippen LogP contribution in [0.5, 0.6) is 0 Å². The Bertz CT molecular complexity index is 815. The molecule has 0 radical (unpaired) electrons. The largest absolute Gasteiger partial charge is 0.355 e. The highest BCUT2D eigenvalue weighted by Crippen LogP contribution is 2.20. The number of nitrogens with one attached hydrogen (secondary N) is 1. The minimum absolute atomic E-state index is 0.681. The van der Waals surface area contributed by atoms with Gasteiger partial charge in [-0.25, -0.2) is 9.98 Å². The molecular weight excluding hydrogens is 278 g/mol. The SMILES string of the molecule is Cc1cc(N=C2CN(c3cccnc3)Cc3nccn32)n[nH]1. The molecule has 7 heteroatoms. The molecule has 22 heavy (non-hydrogen) atoms. The first kappa shape index (κ1) is 12.8. The van der Waals surface area contributed by atoms with E-state index in [1.165, 1.54) is 0 Å². The van der Waals surface area contributed by atoms with E-state index in [1.807, 2.05) is 42.1 Å². The van der Waals surface area contributed by atoms with Crippen LogP contribution in [0, 0.1) is 6.92 Å². The fourth-order valence-corrected chi connectivity index (χ4v) is 2.57. The van der Waals surface area contributed by atoms with E-state index in [1.54, 1.807) is 12.4 Å². The Kier molecular flexibility index (Phi) is 2.96. The normalized spacial score (nSPS) is 16.0. The second-order valence-corrected chi connectivity index (χ2v) is 5.22. The molecule has 0 spiro atoms. The summed E-state index contributed by atoms with van der Waals surface area (Å²) in [6.07, 6.45) is 7.37. The van der Waals surface area contributed by atoms with Gasteiger partial charge in [0, 0.05) is 30.4 Å². The molecule has 0 unspecified atom stereocenters. The van der Waals surface area contributed by atoms with Gasteiger partial charge < -0.3 is 4.90 Å². The second kappa shape index (κ2) is 5.10. The van der Waals surface area contributed by atoms with Crippen molar-refractivity contribution in [3.05, 3.63) is 54.5 Å². The maximum absolute atomic E-state index is 4.66. The summed E-state index contributed by atoms with van der Waals surface area (Å²) in [5.41, 5.74) is 2.05. The molecule has 0 saturated carbocycles. The van der Waals surface area contributed by atoms with Gasteiger partial charge in [-0.05, 0) is 19.1 Å². The molecule has 1 aliphatic heterocycles. The van der Waals surface area contributed by atoms with Crippen LogP contribution in [0.2, 0.25) is 0 Å². The minimum atomic E-state index is 0.681.